The van der Waals surface area contributed by atoms with Crippen molar-refractivity contribution in [1.82, 2.24) is 14.5 Å². The second kappa shape index (κ2) is 6.71. The molecule has 0 aromatic carbocycles. The zero-order valence-corrected chi connectivity index (χ0v) is 10.3. The summed E-state index contributed by atoms with van der Waals surface area (Å²) in [6, 6.07) is 0. The lowest BCUT2D eigenvalue weighted by molar-refractivity contribution is 0.120. The molecule has 0 fully saturated rings. The number of hydrogen-bond donors (Lipinski definition) is 1. The van der Waals surface area contributed by atoms with Crippen molar-refractivity contribution in [2.24, 2.45) is 0 Å². The molecule has 0 bridgehead atoms. The predicted octanol–water partition coefficient (Wildman–Crippen LogP) is 1.05. The van der Waals surface area contributed by atoms with E-state index in [1.165, 1.54) is 11.5 Å². The van der Waals surface area contributed by atoms with E-state index in [0.29, 0.717) is 0 Å². The highest BCUT2D eigenvalue weighted by atomic mass is 32.1. The summed E-state index contributed by atoms with van der Waals surface area (Å²) in [5, 5.41) is 8.20. The Labute approximate surface area is 94.6 Å². The number of rotatable bonds is 7. The van der Waals surface area contributed by atoms with E-state index in [2.05, 4.69) is 26.9 Å². The predicted molar refractivity (Wildman–Crippen MR) is 62.3 cm³/mol. The first-order valence-electron chi connectivity index (χ1n) is 5.03. The lowest BCUT2D eigenvalue weighted by Crippen LogP contribution is -2.23. The van der Waals surface area contributed by atoms with Gasteiger partial charge in [-0.05, 0) is 14.0 Å². The van der Waals surface area contributed by atoms with Gasteiger partial charge in [-0.3, -0.25) is 4.90 Å². The van der Waals surface area contributed by atoms with Crippen LogP contribution in [0.2, 0.25) is 0 Å². The summed E-state index contributed by atoms with van der Waals surface area (Å²) in [5.41, 5.74) is 1.00. The molecule has 0 saturated heterocycles. The van der Waals surface area contributed by atoms with Gasteiger partial charge in [-0.2, -0.15) is 0 Å². The van der Waals surface area contributed by atoms with Crippen molar-refractivity contribution in [1.29, 1.82) is 0 Å². The average molecular weight is 230 g/mol. The number of nitrogens with zero attached hydrogens (tertiary/aromatic N) is 3. The minimum atomic E-state index is 0.763. The minimum Gasteiger partial charge on any atom is -0.380 e. The monoisotopic (exact) mass is 230 g/mol. The van der Waals surface area contributed by atoms with Crippen LogP contribution in [0.25, 0.3) is 0 Å². The lowest BCUT2D eigenvalue weighted by atomic mass is 10.4. The third-order valence-electron chi connectivity index (χ3n) is 2.02. The van der Waals surface area contributed by atoms with Crippen molar-refractivity contribution >= 4 is 16.5 Å². The maximum absolute atomic E-state index is 5.29. The van der Waals surface area contributed by atoms with Crippen molar-refractivity contribution in [3.05, 3.63) is 5.69 Å². The third kappa shape index (κ3) is 4.11. The van der Waals surface area contributed by atoms with Gasteiger partial charge in [0.1, 0.15) is 10.7 Å². The van der Waals surface area contributed by atoms with Gasteiger partial charge in [0.25, 0.3) is 0 Å². The summed E-state index contributed by atoms with van der Waals surface area (Å²) in [7, 11) is 3.94. The van der Waals surface area contributed by atoms with Gasteiger partial charge in [0.15, 0.2) is 0 Å². The van der Waals surface area contributed by atoms with Crippen LogP contribution < -0.4 is 5.32 Å². The highest BCUT2D eigenvalue weighted by Crippen LogP contribution is 2.17. The average Bonchev–Trinajstić information content (AvgIpc) is 2.65. The smallest absolute Gasteiger partial charge is 0.134 e. The van der Waals surface area contributed by atoms with E-state index in [-0.39, 0.29) is 0 Å². The van der Waals surface area contributed by atoms with Gasteiger partial charge in [0.2, 0.25) is 0 Å². The van der Waals surface area contributed by atoms with E-state index in [0.717, 1.165) is 37.0 Å². The molecule has 0 aliphatic rings. The number of aromatic nitrogens is 2. The molecule has 0 radical (unpaired) electrons. The molecule has 6 heteroatoms. The van der Waals surface area contributed by atoms with Gasteiger partial charge >= 0.3 is 0 Å². The molecular weight excluding hydrogens is 212 g/mol. The Morgan fingerprint density at radius 2 is 2.33 bits per heavy atom. The van der Waals surface area contributed by atoms with Crippen molar-refractivity contribution in [2.75, 3.05) is 39.2 Å². The molecular formula is C9H18N4OS. The first kappa shape index (κ1) is 12.4. The van der Waals surface area contributed by atoms with Crippen molar-refractivity contribution < 1.29 is 4.74 Å². The summed E-state index contributed by atoms with van der Waals surface area (Å²) in [4.78, 5) is 2.17. The molecule has 0 aliphatic heterocycles. The molecule has 5 nitrogen and oxygen atoms in total. The fraction of sp³-hybridized carbons (Fsp3) is 0.778. The normalized spacial score (nSPS) is 10.9. The zero-order chi connectivity index (χ0) is 11.1. The molecule has 1 N–H and O–H groups in total. The van der Waals surface area contributed by atoms with Gasteiger partial charge in [-0.1, -0.05) is 4.49 Å². The van der Waals surface area contributed by atoms with Gasteiger partial charge in [0, 0.05) is 38.3 Å². The minimum absolute atomic E-state index is 0.763. The fourth-order valence-electron chi connectivity index (χ4n) is 1.20. The molecule has 15 heavy (non-hydrogen) atoms. The van der Waals surface area contributed by atoms with Crippen LogP contribution in [0.3, 0.4) is 0 Å². The van der Waals surface area contributed by atoms with Gasteiger partial charge in [0.05, 0.1) is 6.61 Å². The first-order chi connectivity index (χ1) is 7.27. The van der Waals surface area contributed by atoms with E-state index >= 15 is 0 Å². The second-order valence-electron chi connectivity index (χ2n) is 3.23. The van der Waals surface area contributed by atoms with Crippen molar-refractivity contribution in [3.63, 3.8) is 0 Å². The summed E-state index contributed by atoms with van der Waals surface area (Å²) in [5.74, 6) is 0. The van der Waals surface area contributed by atoms with E-state index in [9.17, 15) is 0 Å². The van der Waals surface area contributed by atoms with Gasteiger partial charge in [-0.15, -0.1) is 5.10 Å². The molecule has 1 heterocycles. The molecule has 0 atom stereocenters. The summed E-state index contributed by atoms with van der Waals surface area (Å²) >= 11 is 1.39. The topological polar surface area (TPSA) is 50.3 Å². The molecule has 0 unspecified atom stereocenters. The molecule has 1 aromatic heterocycles. The van der Waals surface area contributed by atoms with Crippen molar-refractivity contribution in [3.8, 4) is 0 Å². The van der Waals surface area contributed by atoms with E-state index < -0.39 is 0 Å². The summed E-state index contributed by atoms with van der Waals surface area (Å²) in [6.45, 7) is 5.26. The van der Waals surface area contributed by atoms with Crippen LogP contribution in [0.4, 0.5) is 5.00 Å². The summed E-state index contributed by atoms with van der Waals surface area (Å²) < 4.78 is 9.20. The Kier molecular flexibility index (Phi) is 5.52. The molecule has 1 rings (SSSR count). The molecule has 1 aromatic rings. The molecule has 0 spiro atoms. The SMILES string of the molecule is CCOCCN(C)Cc1nnsc1NC. The Balaban J connectivity index is 2.33. The summed E-state index contributed by atoms with van der Waals surface area (Å²) in [6.07, 6.45) is 0. The number of hydrogen-bond acceptors (Lipinski definition) is 6. The largest absolute Gasteiger partial charge is 0.380 e. The lowest BCUT2D eigenvalue weighted by Gasteiger charge is -2.15. The Morgan fingerprint density at radius 1 is 1.53 bits per heavy atom. The number of anilines is 1. The van der Waals surface area contributed by atoms with Crippen LogP contribution in [0.15, 0.2) is 0 Å². The third-order valence-corrected chi connectivity index (χ3v) is 2.81. The van der Waals surface area contributed by atoms with Crippen LogP contribution in [-0.2, 0) is 11.3 Å². The maximum atomic E-state index is 5.29. The number of ether oxygens (including phenoxy) is 1. The van der Waals surface area contributed by atoms with E-state index in [4.69, 9.17) is 4.74 Å². The number of likely N-dealkylation sites (N-methyl/N-ethyl adjacent to an activating group) is 1. The molecule has 0 amide bonds. The zero-order valence-electron chi connectivity index (χ0n) is 9.49. The van der Waals surface area contributed by atoms with E-state index in [1.54, 1.807) is 0 Å². The van der Waals surface area contributed by atoms with Crippen LogP contribution in [0, 0.1) is 0 Å². The Bertz CT molecular complexity index is 279. The molecule has 0 aliphatic carbocycles. The Hall–Kier alpha value is -0.720. The molecule has 0 saturated carbocycles. The van der Waals surface area contributed by atoms with Crippen LogP contribution in [0.5, 0.6) is 0 Å². The fourth-order valence-corrected chi connectivity index (χ4v) is 1.72. The van der Waals surface area contributed by atoms with E-state index in [1.807, 2.05) is 14.0 Å². The van der Waals surface area contributed by atoms with Crippen LogP contribution in [-0.4, -0.2) is 48.3 Å². The first-order valence-corrected chi connectivity index (χ1v) is 5.80. The molecule has 86 valence electrons. The highest BCUT2D eigenvalue weighted by molar-refractivity contribution is 7.10. The van der Waals surface area contributed by atoms with Crippen LogP contribution >= 0.6 is 11.5 Å². The van der Waals surface area contributed by atoms with Crippen molar-refractivity contribution in [2.45, 2.75) is 13.5 Å². The highest BCUT2D eigenvalue weighted by Gasteiger charge is 2.08. The van der Waals surface area contributed by atoms with Crippen LogP contribution in [0.1, 0.15) is 12.6 Å². The second-order valence-corrected chi connectivity index (χ2v) is 3.99. The Morgan fingerprint density at radius 3 is 3.00 bits per heavy atom. The quantitative estimate of drug-likeness (QED) is 0.710. The maximum Gasteiger partial charge on any atom is 0.134 e. The number of nitrogens with one attached hydrogen (secondary N) is 1. The standard InChI is InChI=1S/C9H18N4OS/c1-4-14-6-5-13(3)7-8-9(10-2)15-12-11-8/h10H,4-7H2,1-3H3. The van der Waals surface area contributed by atoms with Gasteiger partial charge in [-0.25, -0.2) is 0 Å². The van der Waals surface area contributed by atoms with Gasteiger partial charge < -0.3 is 10.1 Å².